The fourth-order valence-corrected chi connectivity index (χ4v) is 2.70. The predicted molar refractivity (Wildman–Crippen MR) is 70.2 cm³/mol. The van der Waals surface area contributed by atoms with Gasteiger partial charge in [-0.05, 0) is 25.2 Å². The highest BCUT2D eigenvalue weighted by atomic mass is 35.5. The number of ether oxygens (including phenoxy) is 1. The van der Waals surface area contributed by atoms with E-state index in [-0.39, 0.29) is 28.7 Å². The number of carbonyl (C=O) groups is 1. The van der Waals surface area contributed by atoms with Crippen LogP contribution in [0.15, 0.2) is 0 Å². The second-order valence-corrected chi connectivity index (χ2v) is 6.70. The molecule has 1 heterocycles. The first kappa shape index (κ1) is 14.8. The maximum atomic E-state index is 11.9. The summed E-state index contributed by atoms with van der Waals surface area (Å²) in [7, 11) is 0. The second-order valence-electron chi connectivity index (χ2n) is 6.08. The van der Waals surface area contributed by atoms with Crippen molar-refractivity contribution in [2.24, 2.45) is 11.3 Å². The van der Waals surface area contributed by atoms with Gasteiger partial charge < -0.3 is 10.1 Å². The van der Waals surface area contributed by atoms with Gasteiger partial charge in [0.25, 0.3) is 0 Å². The van der Waals surface area contributed by atoms with E-state index in [0.29, 0.717) is 13.2 Å². The van der Waals surface area contributed by atoms with Crippen molar-refractivity contribution in [1.82, 2.24) is 5.32 Å². The number of nitrogens with one attached hydrogen (secondary N) is 1. The third-order valence-corrected chi connectivity index (χ3v) is 3.35. The minimum absolute atomic E-state index is 0.00317. The van der Waals surface area contributed by atoms with Crippen molar-refractivity contribution in [2.75, 3.05) is 13.2 Å². The molecule has 1 aliphatic rings. The van der Waals surface area contributed by atoms with Gasteiger partial charge in [0.15, 0.2) is 0 Å². The Balaban J connectivity index is 2.28. The monoisotopic (exact) mass is 261 g/mol. The molecule has 1 aliphatic heterocycles. The minimum atomic E-state index is -0.00602. The van der Waals surface area contributed by atoms with Crippen molar-refractivity contribution in [1.29, 1.82) is 0 Å². The molecule has 1 rings (SSSR count). The summed E-state index contributed by atoms with van der Waals surface area (Å²) in [6.45, 7) is 9.63. The number of halogens is 1. The smallest absolute Gasteiger partial charge is 0.225 e. The van der Waals surface area contributed by atoms with Gasteiger partial charge in [-0.1, -0.05) is 20.8 Å². The molecule has 0 aliphatic carbocycles. The summed E-state index contributed by atoms with van der Waals surface area (Å²) in [5.41, 5.74) is 0.195. The average Bonchev–Trinajstić information content (AvgIpc) is 2.58. The van der Waals surface area contributed by atoms with Crippen molar-refractivity contribution in [3.05, 3.63) is 0 Å². The first-order valence-corrected chi connectivity index (χ1v) is 6.76. The van der Waals surface area contributed by atoms with Crippen LogP contribution in [0.4, 0.5) is 0 Å². The Morgan fingerprint density at radius 3 is 2.65 bits per heavy atom. The zero-order valence-electron chi connectivity index (χ0n) is 11.3. The lowest BCUT2D eigenvalue weighted by Gasteiger charge is -2.22. The van der Waals surface area contributed by atoms with Gasteiger partial charge in [0.1, 0.15) is 0 Å². The Labute approximate surface area is 109 Å². The van der Waals surface area contributed by atoms with Crippen LogP contribution in [0, 0.1) is 11.3 Å². The summed E-state index contributed by atoms with van der Waals surface area (Å²) < 4.78 is 5.38. The van der Waals surface area contributed by atoms with Crippen LogP contribution >= 0.6 is 11.6 Å². The summed E-state index contributed by atoms with van der Waals surface area (Å²) >= 11 is 6.21. The Hall–Kier alpha value is -0.280. The van der Waals surface area contributed by atoms with Gasteiger partial charge in [0.2, 0.25) is 5.91 Å². The highest BCUT2D eigenvalue weighted by Gasteiger charge is 2.30. The van der Waals surface area contributed by atoms with Crippen LogP contribution in [0.3, 0.4) is 0 Å². The van der Waals surface area contributed by atoms with E-state index in [1.54, 1.807) is 0 Å². The highest BCUT2D eigenvalue weighted by molar-refractivity contribution is 6.20. The molecule has 1 N–H and O–H groups in total. The van der Waals surface area contributed by atoms with E-state index >= 15 is 0 Å². The van der Waals surface area contributed by atoms with E-state index in [1.807, 2.05) is 6.92 Å². The molecule has 1 fully saturated rings. The third kappa shape index (κ3) is 5.26. The van der Waals surface area contributed by atoms with Crippen molar-refractivity contribution in [3.63, 3.8) is 0 Å². The standard InChI is InChI=1S/C13H24ClNO2/c1-9-11(5-6-17-9)12(16)15-8-10(14)7-13(2,3)4/h9-11H,5-8H2,1-4H3,(H,15,16). The molecule has 4 heteroatoms. The first-order valence-electron chi connectivity index (χ1n) is 6.33. The Morgan fingerprint density at radius 2 is 2.18 bits per heavy atom. The average molecular weight is 262 g/mol. The Morgan fingerprint density at radius 1 is 1.53 bits per heavy atom. The first-order chi connectivity index (χ1) is 7.79. The lowest BCUT2D eigenvalue weighted by Crippen LogP contribution is -2.38. The van der Waals surface area contributed by atoms with Crippen LogP contribution in [0.1, 0.15) is 40.5 Å². The van der Waals surface area contributed by atoms with Crippen LogP contribution in [-0.4, -0.2) is 30.5 Å². The maximum absolute atomic E-state index is 11.9. The fourth-order valence-electron chi connectivity index (χ4n) is 2.16. The van der Waals surface area contributed by atoms with Gasteiger partial charge in [-0.2, -0.15) is 0 Å². The van der Waals surface area contributed by atoms with E-state index in [9.17, 15) is 4.79 Å². The molecule has 0 bridgehead atoms. The van der Waals surface area contributed by atoms with Gasteiger partial charge >= 0.3 is 0 Å². The SMILES string of the molecule is CC1OCCC1C(=O)NCC(Cl)CC(C)(C)C. The predicted octanol–water partition coefficient (Wildman–Crippen LogP) is 2.57. The van der Waals surface area contributed by atoms with Crippen LogP contribution < -0.4 is 5.32 Å². The minimum Gasteiger partial charge on any atom is -0.378 e. The van der Waals surface area contributed by atoms with E-state index in [2.05, 4.69) is 26.1 Å². The Bertz CT molecular complexity index is 263. The van der Waals surface area contributed by atoms with E-state index in [0.717, 1.165) is 12.8 Å². The molecule has 0 spiro atoms. The molecular weight excluding hydrogens is 238 g/mol. The highest BCUT2D eigenvalue weighted by Crippen LogP contribution is 2.24. The summed E-state index contributed by atoms with van der Waals surface area (Å²) in [5, 5.41) is 2.92. The molecule has 0 aromatic heterocycles. The summed E-state index contributed by atoms with van der Waals surface area (Å²) in [4.78, 5) is 11.9. The van der Waals surface area contributed by atoms with Crippen molar-refractivity contribution < 1.29 is 9.53 Å². The van der Waals surface area contributed by atoms with Gasteiger partial charge in [0.05, 0.1) is 17.4 Å². The van der Waals surface area contributed by atoms with Crippen LogP contribution in [-0.2, 0) is 9.53 Å². The molecule has 3 unspecified atom stereocenters. The molecule has 0 aromatic carbocycles. The summed E-state index contributed by atoms with van der Waals surface area (Å²) in [5.74, 6) is 0.0723. The lowest BCUT2D eigenvalue weighted by molar-refractivity contribution is -0.126. The molecular formula is C13H24ClNO2. The Kier molecular flexibility index (Phi) is 5.26. The molecule has 17 heavy (non-hydrogen) atoms. The molecule has 0 radical (unpaired) electrons. The number of amides is 1. The zero-order valence-corrected chi connectivity index (χ0v) is 12.0. The molecule has 3 atom stereocenters. The molecule has 100 valence electrons. The molecule has 1 amide bonds. The quantitative estimate of drug-likeness (QED) is 0.790. The van der Waals surface area contributed by atoms with E-state index < -0.39 is 0 Å². The second kappa shape index (κ2) is 6.05. The molecule has 0 saturated carbocycles. The number of alkyl halides is 1. The van der Waals surface area contributed by atoms with Crippen LogP contribution in [0.5, 0.6) is 0 Å². The van der Waals surface area contributed by atoms with Gasteiger partial charge in [-0.25, -0.2) is 0 Å². The third-order valence-electron chi connectivity index (χ3n) is 3.04. The summed E-state index contributed by atoms with van der Waals surface area (Å²) in [6.07, 6.45) is 1.75. The number of carbonyl (C=O) groups excluding carboxylic acids is 1. The van der Waals surface area contributed by atoms with E-state index in [4.69, 9.17) is 16.3 Å². The van der Waals surface area contributed by atoms with Crippen molar-refractivity contribution >= 4 is 17.5 Å². The zero-order chi connectivity index (χ0) is 13.1. The van der Waals surface area contributed by atoms with Gasteiger partial charge in [-0.3, -0.25) is 4.79 Å². The molecule has 3 nitrogen and oxygen atoms in total. The van der Waals surface area contributed by atoms with Crippen LogP contribution in [0.2, 0.25) is 0 Å². The number of rotatable bonds is 4. The van der Waals surface area contributed by atoms with Crippen LogP contribution in [0.25, 0.3) is 0 Å². The normalized spacial score (nSPS) is 26.9. The van der Waals surface area contributed by atoms with Crippen molar-refractivity contribution in [3.8, 4) is 0 Å². The lowest BCUT2D eigenvalue weighted by atomic mass is 9.90. The fraction of sp³-hybridized carbons (Fsp3) is 0.923. The maximum Gasteiger partial charge on any atom is 0.225 e. The largest absolute Gasteiger partial charge is 0.378 e. The number of hydrogen-bond acceptors (Lipinski definition) is 2. The molecule has 0 aromatic rings. The van der Waals surface area contributed by atoms with E-state index in [1.165, 1.54) is 0 Å². The van der Waals surface area contributed by atoms with Crippen molar-refractivity contribution in [2.45, 2.75) is 52.0 Å². The summed E-state index contributed by atoms with van der Waals surface area (Å²) in [6, 6.07) is 0. The van der Waals surface area contributed by atoms with Gasteiger partial charge in [0, 0.05) is 13.2 Å². The molecule has 1 saturated heterocycles. The number of hydrogen-bond donors (Lipinski definition) is 1. The van der Waals surface area contributed by atoms with Gasteiger partial charge in [-0.15, -0.1) is 11.6 Å². The topological polar surface area (TPSA) is 38.3 Å².